The highest BCUT2D eigenvalue weighted by Gasteiger charge is 2.18. The fourth-order valence-corrected chi connectivity index (χ4v) is 3.73. The minimum atomic E-state index is 0.144. The lowest BCUT2D eigenvalue weighted by molar-refractivity contribution is -0.121. The van der Waals surface area contributed by atoms with Crippen LogP contribution in [0.3, 0.4) is 0 Å². The number of amides is 1. The first-order valence-electron chi connectivity index (χ1n) is 9.44. The zero-order valence-corrected chi connectivity index (χ0v) is 14.9. The maximum atomic E-state index is 12.4. The van der Waals surface area contributed by atoms with Gasteiger partial charge in [-0.3, -0.25) is 9.69 Å². The van der Waals surface area contributed by atoms with Gasteiger partial charge < -0.3 is 10.1 Å². The van der Waals surface area contributed by atoms with Crippen molar-refractivity contribution in [3.05, 3.63) is 34.9 Å². The Morgan fingerprint density at radius 3 is 2.71 bits per heavy atom. The van der Waals surface area contributed by atoms with E-state index in [9.17, 15) is 4.79 Å². The van der Waals surface area contributed by atoms with Crippen molar-refractivity contribution in [2.45, 2.75) is 51.5 Å². The van der Waals surface area contributed by atoms with Crippen molar-refractivity contribution in [1.29, 1.82) is 0 Å². The van der Waals surface area contributed by atoms with Gasteiger partial charge in [0.25, 0.3) is 0 Å². The Bertz CT molecular complexity index is 553. The SMILES string of the molecule is CCC(CN1CCOCC1)NC(=O)Cc1ccc2c(c1)CCCC2. The molecule has 132 valence electrons. The summed E-state index contributed by atoms with van der Waals surface area (Å²) in [6.07, 6.45) is 6.39. The maximum Gasteiger partial charge on any atom is 0.224 e. The minimum absolute atomic E-state index is 0.144. The Morgan fingerprint density at radius 1 is 1.21 bits per heavy atom. The molecule has 24 heavy (non-hydrogen) atoms. The molecule has 1 aliphatic heterocycles. The van der Waals surface area contributed by atoms with Crippen LogP contribution in [0.1, 0.15) is 42.9 Å². The summed E-state index contributed by atoms with van der Waals surface area (Å²) in [5, 5.41) is 3.22. The number of nitrogens with one attached hydrogen (secondary N) is 1. The van der Waals surface area contributed by atoms with Crippen molar-refractivity contribution in [1.82, 2.24) is 10.2 Å². The molecule has 0 bridgehead atoms. The van der Waals surface area contributed by atoms with E-state index >= 15 is 0 Å². The fourth-order valence-electron chi connectivity index (χ4n) is 3.73. The number of aryl methyl sites for hydroxylation is 2. The van der Waals surface area contributed by atoms with Gasteiger partial charge in [-0.15, -0.1) is 0 Å². The van der Waals surface area contributed by atoms with Gasteiger partial charge >= 0.3 is 0 Å². The normalized spacial score (nSPS) is 19.5. The topological polar surface area (TPSA) is 41.6 Å². The third-order valence-corrected chi connectivity index (χ3v) is 5.22. The molecule has 0 spiro atoms. The number of benzene rings is 1. The first kappa shape index (κ1) is 17.4. The standard InChI is InChI=1S/C20H30N2O2/c1-2-19(15-22-9-11-24-12-10-22)21-20(23)14-16-7-8-17-5-3-4-6-18(17)13-16/h7-8,13,19H,2-6,9-12,14-15H2,1H3,(H,21,23). The van der Waals surface area contributed by atoms with Crippen LogP contribution in [0.15, 0.2) is 18.2 Å². The van der Waals surface area contributed by atoms with E-state index in [4.69, 9.17) is 4.74 Å². The van der Waals surface area contributed by atoms with Crippen molar-refractivity contribution in [3.8, 4) is 0 Å². The van der Waals surface area contributed by atoms with Gasteiger partial charge in [-0.25, -0.2) is 0 Å². The van der Waals surface area contributed by atoms with Gasteiger partial charge in [0.05, 0.1) is 19.6 Å². The second-order valence-corrected chi connectivity index (χ2v) is 7.07. The number of hydrogen-bond donors (Lipinski definition) is 1. The highest BCUT2D eigenvalue weighted by Crippen LogP contribution is 2.22. The lowest BCUT2D eigenvalue weighted by Gasteiger charge is -2.30. The summed E-state index contributed by atoms with van der Waals surface area (Å²) in [5.74, 6) is 0.144. The molecule has 0 radical (unpaired) electrons. The predicted octanol–water partition coefficient (Wildman–Crippen LogP) is 2.33. The van der Waals surface area contributed by atoms with Gasteiger partial charge in [-0.2, -0.15) is 0 Å². The average molecular weight is 330 g/mol. The molecule has 1 fully saturated rings. The summed E-state index contributed by atoms with van der Waals surface area (Å²) in [7, 11) is 0. The molecule has 1 N–H and O–H groups in total. The molecule has 1 unspecified atom stereocenters. The molecule has 3 rings (SSSR count). The summed E-state index contributed by atoms with van der Waals surface area (Å²) in [6, 6.07) is 6.83. The van der Waals surface area contributed by atoms with Gasteiger partial charge in [0.15, 0.2) is 0 Å². The maximum absolute atomic E-state index is 12.4. The molecule has 1 atom stereocenters. The molecule has 1 saturated heterocycles. The van der Waals surface area contributed by atoms with Gasteiger partial charge in [0.1, 0.15) is 0 Å². The number of ether oxygens (including phenoxy) is 1. The van der Waals surface area contributed by atoms with E-state index in [1.165, 1.54) is 36.8 Å². The second kappa shape index (κ2) is 8.63. The van der Waals surface area contributed by atoms with Gasteiger partial charge in [-0.05, 0) is 48.8 Å². The summed E-state index contributed by atoms with van der Waals surface area (Å²) < 4.78 is 5.39. The molecular weight excluding hydrogens is 300 g/mol. The monoisotopic (exact) mass is 330 g/mol. The Labute approximate surface area is 145 Å². The van der Waals surface area contributed by atoms with Crippen molar-refractivity contribution >= 4 is 5.91 Å². The van der Waals surface area contributed by atoms with Gasteiger partial charge in [-0.1, -0.05) is 25.1 Å². The number of fused-ring (bicyclic) bond motifs is 1. The van der Waals surface area contributed by atoms with E-state index in [1.807, 2.05) is 0 Å². The highest BCUT2D eigenvalue weighted by molar-refractivity contribution is 5.79. The Kier molecular flexibility index (Phi) is 6.27. The molecule has 0 aromatic heterocycles. The van der Waals surface area contributed by atoms with Gasteiger partial charge in [0.2, 0.25) is 5.91 Å². The van der Waals surface area contributed by atoms with Crippen molar-refractivity contribution < 1.29 is 9.53 Å². The summed E-state index contributed by atoms with van der Waals surface area (Å²) >= 11 is 0. The van der Waals surface area contributed by atoms with Crippen molar-refractivity contribution in [2.24, 2.45) is 0 Å². The molecule has 1 aromatic carbocycles. The lowest BCUT2D eigenvalue weighted by Crippen LogP contribution is -2.47. The number of carbonyl (C=O) groups is 1. The van der Waals surface area contributed by atoms with E-state index in [1.54, 1.807) is 0 Å². The average Bonchev–Trinajstić information content (AvgIpc) is 2.62. The minimum Gasteiger partial charge on any atom is -0.379 e. The van der Waals surface area contributed by atoms with Crippen LogP contribution < -0.4 is 5.32 Å². The quantitative estimate of drug-likeness (QED) is 0.870. The molecule has 4 nitrogen and oxygen atoms in total. The summed E-state index contributed by atoms with van der Waals surface area (Å²) in [6.45, 7) is 6.62. The zero-order valence-electron chi connectivity index (χ0n) is 14.9. The summed E-state index contributed by atoms with van der Waals surface area (Å²) in [5.41, 5.74) is 4.07. The smallest absolute Gasteiger partial charge is 0.224 e. The highest BCUT2D eigenvalue weighted by atomic mass is 16.5. The molecule has 2 aliphatic rings. The third-order valence-electron chi connectivity index (χ3n) is 5.22. The van der Waals surface area contributed by atoms with Crippen molar-refractivity contribution in [3.63, 3.8) is 0 Å². The Morgan fingerprint density at radius 2 is 1.96 bits per heavy atom. The zero-order chi connectivity index (χ0) is 16.8. The molecule has 1 heterocycles. The number of nitrogens with zero attached hydrogens (tertiary/aromatic N) is 1. The predicted molar refractivity (Wildman–Crippen MR) is 96.3 cm³/mol. The van der Waals surface area contributed by atoms with Crippen LogP contribution in [-0.2, 0) is 28.8 Å². The van der Waals surface area contributed by atoms with E-state index in [-0.39, 0.29) is 11.9 Å². The Hall–Kier alpha value is -1.39. The third kappa shape index (κ3) is 4.81. The van der Waals surface area contributed by atoms with Crippen LogP contribution in [0.25, 0.3) is 0 Å². The molecule has 1 amide bonds. The lowest BCUT2D eigenvalue weighted by atomic mass is 9.90. The molecule has 0 saturated carbocycles. The van der Waals surface area contributed by atoms with E-state index in [0.717, 1.165) is 44.8 Å². The fraction of sp³-hybridized carbons (Fsp3) is 0.650. The van der Waals surface area contributed by atoms with Crippen LogP contribution in [-0.4, -0.2) is 49.7 Å². The summed E-state index contributed by atoms with van der Waals surface area (Å²) in [4.78, 5) is 14.8. The number of rotatable bonds is 6. The van der Waals surface area contributed by atoms with E-state index in [2.05, 4.69) is 35.3 Å². The first-order valence-corrected chi connectivity index (χ1v) is 9.44. The largest absolute Gasteiger partial charge is 0.379 e. The van der Waals surface area contributed by atoms with Crippen LogP contribution in [0.5, 0.6) is 0 Å². The molecule has 1 aliphatic carbocycles. The van der Waals surface area contributed by atoms with Crippen LogP contribution in [0.2, 0.25) is 0 Å². The molecule has 1 aromatic rings. The molecular formula is C20H30N2O2. The van der Waals surface area contributed by atoms with E-state index < -0.39 is 0 Å². The number of hydrogen-bond acceptors (Lipinski definition) is 3. The second-order valence-electron chi connectivity index (χ2n) is 7.07. The van der Waals surface area contributed by atoms with E-state index in [0.29, 0.717) is 6.42 Å². The van der Waals surface area contributed by atoms with Gasteiger partial charge in [0, 0.05) is 25.7 Å². The van der Waals surface area contributed by atoms with Crippen LogP contribution in [0, 0.1) is 0 Å². The molecule has 4 heteroatoms. The van der Waals surface area contributed by atoms with Crippen molar-refractivity contribution in [2.75, 3.05) is 32.8 Å². The first-order chi connectivity index (χ1) is 11.7. The number of morpholine rings is 1. The van der Waals surface area contributed by atoms with Crippen LogP contribution >= 0.6 is 0 Å². The Balaban J connectivity index is 1.52. The number of carbonyl (C=O) groups excluding carboxylic acids is 1. The van der Waals surface area contributed by atoms with Crippen LogP contribution in [0.4, 0.5) is 0 Å².